The molecular formula is C3H6AlClO2. The van der Waals surface area contributed by atoms with Crippen molar-refractivity contribution in [2.45, 2.75) is 4.24 Å². The standard InChI is InChI=1S/C3H4ClO2.Al.2H/c1-6-3(5)2-4;;;/h2H,1H3;;;. The van der Waals surface area contributed by atoms with Crippen molar-refractivity contribution in [3.05, 3.63) is 0 Å². The van der Waals surface area contributed by atoms with Gasteiger partial charge in [0.05, 0.1) is 11.3 Å². The number of alkyl halides is 1. The summed E-state index contributed by atoms with van der Waals surface area (Å²) in [5.41, 5.74) is 0. The molecule has 0 N–H and O–H groups in total. The number of carbonyl (C=O) groups excluding carboxylic acids is 1. The monoisotopic (exact) mass is 136 g/mol. The van der Waals surface area contributed by atoms with Gasteiger partial charge in [-0.15, -0.1) is 11.6 Å². The largest absolute Gasteiger partial charge is 0.469 e. The number of rotatable bonds is 1. The highest BCUT2D eigenvalue weighted by molar-refractivity contribution is 6.49. The molecule has 0 amide bonds. The number of ether oxygens (including phenoxy) is 1. The van der Waals surface area contributed by atoms with Crippen molar-refractivity contribution >= 4 is 33.9 Å². The van der Waals surface area contributed by atoms with E-state index in [0.29, 0.717) is 16.3 Å². The molecule has 0 fully saturated rings. The number of carbonyl (C=O) groups is 1. The highest BCUT2D eigenvalue weighted by atomic mass is 35.5. The van der Waals surface area contributed by atoms with Gasteiger partial charge in [0.2, 0.25) is 0 Å². The van der Waals surface area contributed by atoms with E-state index in [1.807, 2.05) is 0 Å². The molecule has 0 heterocycles. The fraction of sp³-hybridized carbons (Fsp3) is 0.667. The van der Waals surface area contributed by atoms with E-state index in [-0.39, 0.29) is 10.2 Å². The number of halogens is 1. The molecule has 40 valence electrons. The number of methoxy groups -OCH3 is 1. The van der Waals surface area contributed by atoms with Crippen molar-refractivity contribution < 1.29 is 9.53 Å². The first-order chi connectivity index (χ1) is 3.18. The fourth-order valence-electron chi connectivity index (χ4n) is 0.162. The topological polar surface area (TPSA) is 26.3 Å². The summed E-state index contributed by atoms with van der Waals surface area (Å²) in [5.74, 6) is -0.326. The summed E-state index contributed by atoms with van der Waals surface area (Å²) in [6.45, 7) is 0. The molecule has 0 bridgehead atoms. The van der Waals surface area contributed by atoms with Gasteiger partial charge in [-0.1, -0.05) is 0 Å². The van der Waals surface area contributed by atoms with Gasteiger partial charge in [-0.3, -0.25) is 4.79 Å². The van der Waals surface area contributed by atoms with Crippen LogP contribution in [-0.4, -0.2) is 33.6 Å². The van der Waals surface area contributed by atoms with Crippen LogP contribution in [0, 0.1) is 0 Å². The average molecular weight is 137 g/mol. The van der Waals surface area contributed by atoms with E-state index in [1.54, 1.807) is 0 Å². The lowest BCUT2D eigenvalue weighted by Crippen LogP contribution is -2.15. The molecule has 0 saturated carbocycles. The Kier molecular flexibility index (Phi) is 3.45. The summed E-state index contributed by atoms with van der Waals surface area (Å²) in [6.07, 6.45) is 0. The van der Waals surface area contributed by atoms with Crippen LogP contribution in [0.5, 0.6) is 0 Å². The van der Waals surface area contributed by atoms with Crippen LogP contribution < -0.4 is 0 Å². The molecule has 0 aliphatic carbocycles. The van der Waals surface area contributed by atoms with Crippen molar-refractivity contribution in [3.8, 4) is 0 Å². The zero-order chi connectivity index (χ0) is 5.86. The van der Waals surface area contributed by atoms with Gasteiger partial charge in [-0.2, -0.15) is 0 Å². The van der Waals surface area contributed by atoms with Gasteiger partial charge in [0.1, 0.15) is 0 Å². The Bertz CT molecular complexity index is 73.3. The van der Waals surface area contributed by atoms with E-state index >= 15 is 0 Å². The lowest BCUT2D eigenvalue weighted by molar-refractivity contribution is -0.138. The van der Waals surface area contributed by atoms with Gasteiger partial charge in [0.15, 0.2) is 0 Å². The Balaban J connectivity index is 3.35. The maximum absolute atomic E-state index is 10.2. The Morgan fingerprint density at radius 2 is 2.43 bits per heavy atom. The molecule has 0 saturated heterocycles. The Hall–Kier alpha value is 0.292. The molecule has 0 rings (SSSR count). The normalized spacial score (nSPS) is 12.9. The van der Waals surface area contributed by atoms with Gasteiger partial charge in [-0.05, 0) is 0 Å². The molecule has 0 radical (unpaired) electrons. The van der Waals surface area contributed by atoms with Crippen LogP contribution in [0.15, 0.2) is 0 Å². The predicted octanol–water partition coefficient (Wildman–Crippen LogP) is -0.643. The van der Waals surface area contributed by atoms with E-state index in [9.17, 15) is 4.79 Å². The van der Waals surface area contributed by atoms with E-state index in [0.717, 1.165) is 0 Å². The minimum atomic E-state index is -0.384. The average Bonchev–Trinajstić information content (AvgIpc) is 1.65. The van der Waals surface area contributed by atoms with Crippen LogP contribution in [0.25, 0.3) is 0 Å². The minimum Gasteiger partial charge on any atom is -0.469 e. The van der Waals surface area contributed by atoms with Gasteiger partial charge in [0, 0.05) is 0 Å². The zero-order valence-electron chi connectivity index (χ0n) is 4.27. The molecule has 1 atom stereocenters. The van der Waals surface area contributed by atoms with Crippen molar-refractivity contribution in [3.63, 3.8) is 0 Å². The van der Waals surface area contributed by atoms with Crippen molar-refractivity contribution in [1.82, 2.24) is 0 Å². The third-order valence-electron chi connectivity index (χ3n) is 0.526. The molecule has 0 spiro atoms. The highest BCUT2D eigenvalue weighted by Gasteiger charge is 2.06. The van der Waals surface area contributed by atoms with Crippen LogP contribution in [0.1, 0.15) is 0 Å². The van der Waals surface area contributed by atoms with Crippen LogP contribution in [0.2, 0.25) is 0 Å². The van der Waals surface area contributed by atoms with Crippen molar-refractivity contribution in [2.24, 2.45) is 0 Å². The van der Waals surface area contributed by atoms with E-state index in [2.05, 4.69) is 4.74 Å². The first-order valence-electron chi connectivity index (χ1n) is 1.90. The lowest BCUT2D eigenvalue weighted by Gasteiger charge is -1.96. The molecule has 4 heteroatoms. The summed E-state index contributed by atoms with van der Waals surface area (Å²) in [6, 6.07) is 0. The maximum atomic E-state index is 10.2. The molecule has 0 aromatic heterocycles. The van der Waals surface area contributed by atoms with E-state index in [4.69, 9.17) is 11.6 Å². The third-order valence-corrected chi connectivity index (χ3v) is 1.18. The minimum absolute atomic E-state index is 0.326. The first-order valence-corrected chi connectivity index (χ1v) is 3.49. The fourth-order valence-corrected chi connectivity index (χ4v) is 0.487. The number of esters is 1. The number of hydrogen-bond acceptors (Lipinski definition) is 2. The van der Waals surface area contributed by atoms with Crippen LogP contribution in [-0.2, 0) is 9.53 Å². The van der Waals surface area contributed by atoms with Gasteiger partial charge in [-0.25, -0.2) is 0 Å². The van der Waals surface area contributed by atoms with Crippen molar-refractivity contribution in [2.75, 3.05) is 7.11 Å². The summed E-state index contributed by atoms with van der Waals surface area (Å²) in [4.78, 5) is 10.2. The van der Waals surface area contributed by atoms with Crippen LogP contribution in [0.3, 0.4) is 0 Å². The van der Waals surface area contributed by atoms with Gasteiger partial charge in [0.25, 0.3) is 16.3 Å². The Labute approximate surface area is 55.2 Å². The summed E-state index contributed by atoms with van der Waals surface area (Å²) >= 11 is 5.97. The second-order valence-corrected chi connectivity index (χ2v) is 3.68. The molecule has 0 aromatic carbocycles. The van der Waals surface area contributed by atoms with Crippen molar-refractivity contribution in [1.29, 1.82) is 0 Å². The molecule has 0 aliphatic heterocycles. The SMILES string of the molecule is COC(=O)[CH]([AlH2])Cl. The summed E-state index contributed by atoms with van der Waals surface area (Å²) in [7, 11) is 1.33. The second-order valence-electron chi connectivity index (χ2n) is 1.14. The molecule has 7 heavy (non-hydrogen) atoms. The smallest absolute Gasteiger partial charge is 0.308 e. The second kappa shape index (κ2) is 3.31. The quantitative estimate of drug-likeness (QED) is 0.272. The van der Waals surface area contributed by atoms with E-state index < -0.39 is 0 Å². The summed E-state index contributed by atoms with van der Waals surface area (Å²) < 4.78 is 3.89. The summed E-state index contributed by atoms with van der Waals surface area (Å²) in [5, 5.41) is 0. The van der Waals surface area contributed by atoms with Crippen LogP contribution >= 0.6 is 11.6 Å². The predicted molar refractivity (Wildman–Crippen MR) is 30.2 cm³/mol. The molecule has 1 unspecified atom stereocenters. The number of hydrogen-bond donors (Lipinski definition) is 0. The molecule has 2 nitrogen and oxygen atoms in total. The Morgan fingerprint density at radius 1 is 2.00 bits per heavy atom. The lowest BCUT2D eigenvalue weighted by atomic mass is 10.8. The third kappa shape index (κ3) is 2.93. The molecular weight excluding hydrogens is 130 g/mol. The Morgan fingerprint density at radius 3 is 2.43 bits per heavy atom. The first kappa shape index (κ1) is 7.29. The zero-order valence-corrected chi connectivity index (χ0v) is 7.03. The molecule has 0 aromatic rings. The van der Waals surface area contributed by atoms with Gasteiger partial charge >= 0.3 is 5.97 Å². The molecule has 0 aliphatic rings. The highest BCUT2D eigenvalue weighted by Crippen LogP contribution is 1.89. The van der Waals surface area contributed by atoms with E-state index in [1.165, 1.54) is 7.11 Å². The van der Waals surface area contributed by atoms with Crippen LogP contribution in [0.4, 0.5) is 0 Å². The maximum Gasteiger partial charge on any atom is 0.308 e. The van der Waals surface area contributed by atoms with Gasteiger partial charge < -0.3 is 4.74 Å².